The molecule has 116 valence electrons. The van der Waals surface area contributed by atoms with Crippen molar-refractivity contribution in [2.75, 3.05) is 13.2 Å². The quantitative estimate of drug-likeness (QED) is 0.756. The molecule has 0 fully saturated rings. The van der Waals surface area contributed by atoms with Crippen molar-refractivity contribution in [1.82, 2.24) is 0 Å². The molecule has 0 aromatic heterocycles. The van der Waals surface area contributed by atoms with Crippen molar-refractivity contribution in [2.24, 2.45) is 0 Å². The molecule has 0 aliphatic heterocycles. The maximum atomic E-state index is 12.7. The van der Waals surface area contributed by atoms with Crippen molar-refractivity contribution in [3.8, 4) is 11.5 Å². The number of carbonyl (C=O) groups excluding carboxylic acids is 2. The van der Waals surface area contributed by atoms with Crippen LogP contribution in [-0.4, -0.2) is 31.0 Å². The molecule has 7 heteroatoms. The average Bonchev–Trinajstić information content (AvgIpc) is 2.37. The minimum Gasteiger partial charge on any atom is -0.493 e. The number of ketones is 2. The molecule has 0 heterocycles. The number of carbonyl (C=O) groups is 2. The van der Waals surface area contributed by atoms with Crippen molar-refractivity contribution >= 4 is 11.6 Å². The van der Waals surface area contributed by atoms with Crippen LogP contribution in [0.25, 0.3) is 0 Å². The van der Waals surface area contributed by atoms with E-state index in [1.165, 1.54) is 6.92 Å². The SMILES string of the molecule is CCOc1cc(C(C)=O)cc(OCC)c1C(=O)C(F)(F)F. The van der Waals surface area contributed by atoms with Gasteiger partial charge in [0.2, 0.25) is 0 Å². The molecule has 1 aromatic rings. The fourth-order valence-corrected chi connectivity index (χ4v) is 1.70. The van der Waals surface area contributed by atoms with E-state index in [0.29, 0.717) is 0 Å². The molecule has 0 atom stereocenters. The van der Waals surface area contributed by atoms with Crippen molar-refractivity contribution in [1.29, 1.82) is 0 Å². The fraction of sp³-hybridized carbons (Fsp3) is 0.429. The highest BCUT2D eigenvalue weighted by Gasteiger charge is 2.43. The summed E-state index contributed by atoms with van der Waals surface area (Å²) in [5, 5.41) is 0. The summed E-state index contributed by atoms with van der Waals surface area (Å²) in [6, 6.07) is 2.24. The molecular weight excluding hydrogens is 289 g/mol. The molecule has 0 bridgehead atoms. The van der Waals surface area contributed by atoms with Gasteiger partial charge in [0.15, 0.2) is 5.78 Å². The lowest BCUT2D eigenvalue weighted by atomic mass is 10.0. The zero-order chi connectivity index (χ0) is 16.2. The average molecular weight is 304 g/mol. The third kappa shape index (κ3) is 3.96. The number of ether oxygens (including phenoxy) is 2. The Kier molecular flexibility index (Phi) is 5.34. The monoisotopic (exact) mass is 304 g/mol. The van der Waals surface area contributed by atoms with Gasteiger partial charge in [-0.05, 0) is 32.9 Å². The number of alkyl halides is 3. The van der Waals surface area contributed by atoms with E-state index in [-0.39, 0.29) is 36.1 Å². The van der Waals surface area contributed by atoms with E-state index < -0.39 is 17.5 Å². The number of hydrogen-bond donors (Lipinski definition) is 0. The molecule has 0 amide bonds. The molecule has 0 radical (unpaired) electrons. The Hall–Kier alpha value is -2.05. The van der Waals surface area contributed by atoms with E-state index in [0.717, 1.165) is 12.1 Å². The minimum atomic E-state index is -5.06. The first kappa shape index (κ1) is 17.0. The second kappa shape index (κ2) is 6.60. The maximum absolute atomic E-state index is 12.7. The van der Waals surface area contributed by atoms with E-state index in [1.807, 2.05) is 0 Å². The summed E-state index contributed by atoms with van der Waals surface area (Å²) < 4.78 is 48.3. The van der Waals surface area contributed by atoms with Gasteiger partial charge in [-0.2, -0.15) is 13.2 Å². The molecule has 1 aromatic carbocycles. The molecule has 0 N–H and O–H groups in total. The third-order valence-corrected chi connectivity index (χ3v) is 2.56. The molecule has 0 spiro atoms. The fourth-order valence-electron chi connectivity index (χ4n) is 1.70. The summed E-state index contributed by atoms with van der Waals surface area (Å²) in [6.45, 7) is 4.47. The summed E-state index contributed by atoms with van der Waals surface area (Å²) in [5.41, 5.74) is -0.600. The smallest absolute Gasteiger partial charge is 0.455 e. The van der Waals surface area contributed by atoms with Crippen molar-refractivity contribution < 1.29 is 32.2 Å². The predicted molar refractivity (Wildman–Crippen MR) is 69.2 cm³/mol. The van der Waals surface area contributed by atoms with Crippen molar-refractivity contribution in [3.05, 3.63) is 23.3 Å². The largest absolute Gasteiger partial charge is 0.493 e. The Balaban J connectivity index is 3.56. The number of rotatable bonds is 6. The van der Waals surface area contributed by atoms with Crippen LogP contribution in [-0.2, 0) is 0 Å². The molecule has 0 aliphatic rings. The lowest BCUT2D eigenvalue weighted by Gasteiger charge is -2.16. The van der Waals surface area contributed by atoms with Gasteiger partial charge in [-0.15, -0.1) is 0 Å². The van der Waals surface area contributed by atoms with Crippen LogP contribution in [0.2, 0.25) is 0 Å². The Morgan fingerprint density at radius 2 is 1.48 bits per heavy atom. The molecular formula is C14H15F3O4. The zero-order valence-corrected chi connectivity index (χ0v) is 11.8. The van der Waals surface area contributed by atoms with E-state index in [1.54, 1.807) is 13.8 Å². The predicted octanol–water partition coefficient (Wildman–Crippen LogP) is 3.43. The zero-order valence-electron chi connectivity index (χ0n) is 11.8. The molecule has 1 rings (SSSR count). The summed E-state index contributed by atoms with van der Waals surface area (Å²) in [5.74, 6) is -3.06. The van der Waals surface area contributed by atoms with Gasteiger partial charge >= 0.3 is 6.18 Å². The standard InChI is InChI=1S/C14H15F3O4/c1-4-20-10-6-9(8(3)18)7-11(21-5-2)12(10)13(19)14(15,16)17/h6-7H,4-5H2,1-3H3. The van der Waals surface area contributed by atoms with Crippen molar-refractivity contribution in [2.45, 2.75) is 26.9 Å². The summed E-state index contributed by atoms with van der Waals surface area (Å²) >= 11 is 0. The topological polar surface area (TPSA) is 52.6 Å². The van der Waals surface area contributed by atoms with Crippen LogP contribution in [0.4, 0.5) is 13.2 Å². The minimum absolute atomic E-state index is 0.0467. The van der Waals surface area contributed by atoms with Crippen LogP contribution >= 0.6 is 0 Å². The van der Waals surface area contributed by atoms with Crippen LogP contribution in [0.15, 0.2) is 12.1 Å². The van der Waals surface area contributed by atoms with E-state index in [9.17, 15) is 22.8 Å². The number of benzene rings is 1. The highest BCUT2D eigenvalue weighted by molar-refractivity contribution is 6.06. The van der Waals surface area contributed by atoms with Crippen LogP contribution in [0, 0.1) is 0 Å². The van der Waals surface area contributed by atoms with Gasteiger partial charge in [0.05, 0.1) is 13.2 Å². The molecule has 0 aliphatic carbocycles. The molecule has 4 nitrogen and oxygen atoms in total. The maximum Gasteiger partial charge on any atom is 0.455 e. The number of Topliss-reactive ketones (excluding diaryl/α,β-unsaturated/α-hetero) is 2. The Labute approximate surface area is 119 Å². The second-order valence-electron chi connectivity index (χ2n) is 4.10. The highest BCUT2D eigenvalue weighted by atomic mass is 19.4. The molecule has 0 saturated carbocycles. The van der Waals surface area contributed by atoms with Crippen LogP contribution < -0.4 is 9.47 Å². The van der Waals surface area contributed by atoms with Crippen LogP contribution in [0.1, 0.15) is 41.5 Å². The summed E-state index contributed by atoms with van der Waals surface area (Å²) in [4.78, 5) is 23.0. The van der Waals surface area contributed by atoms with Crippen molar-refractivity contribution in [3.63, 3.8) is 0 Å². The summed E-state index contributed by atoms with van der Waals surface area (Å²) in [7, 11) is 0. The third-order valence-electron chi connectivity index (χ3n) is 2.56. The molecule has 0 unspecified atom stereocenters. The number of halogens is 3. The van der Waals surface area contributed by atoms with E-state index >= 15 is 0 Å². The van der Waals surface area contributed by atoms with E-state index in [2.05, 4.69) is 0 Å². The van der Waals surface area contributed by atoms with Gasteiger partial charge < -0.3 is 9.47 Å². The lowest BCUT2D eigenvalue weighted by molar-refractivity contribution is -0.0888. The summed E-state index contributed by atoms with van der Waals surface area (Å²) in [6.07, 6.45) is -5.06. The van der Waals surface area contributed by atoms with Gasteiger partial charge in [0.1, 0.15) is 17.1 Å². The number of hydrogen-bond acceptors (Lipinski definition) is 4. The van der Waals surface area contributed by atoms with Gasteiger partial charge in [0.25, 0.3) is 5.78 Å². The Bertz CT molecular complexity index is 523. The van der Waals surface area contributed by atoms with Crippen LogP contribution in [0.5, 0.6) is 11.5 Å². The first-order chi connectivity index (χ1) is 9.72. The lowest BCUT2D eigenvalue weighted by Crippen LogP contribution is -2.24. The first-order valence-electron chi connectivity index (χ1n) is 6.28. The Morgan fingerprint density at radius 3 is 1.76 bits per heavy atom. The van der Waals surface area contributed by atoms with Gasteiger partial charge in [-0.1, -0.05) is 0 Å². The second-order valence-corrected chi connectivity index (χ2v) is 4.10. The van der Waals surface area contributed by atoms with Crippen LogP contribution in [0.3, 0.4) is 0 Å². The normalized spacial score (nSPS) is 11.1. The Morgan fingerprint density at radius 1 is 1.05 bits per heavy atom. The highest BCUT2D eigenvalue weighted by Crippen LogP contribution is 2.36. The first-order valence-corrected chi connectivity index (χ1v) is 6.28. The van der Waals surface area contributed by atoms with Gasteiger partial charge in [-0.25, -0.2) is 0 Å². The van der Waals surface area contributed by atoms with Gasteiger partial charge in [-0.3, -0.25) is 9.59 Å². The molecule has 0 saturated heterocycles. The molecule has 21 heavy (non-hydrogen) atoms. The van der Waals surface area contributed by atoms with Gasteiger partial charge in [0, 0.05) is 5.56 Å². The van der Waals surface area contributed by atoms with E-state index in [4.69, 9.17) is 9.47 Å².